The van der Waals surface area contributed by atoms with E-state index < -0.39 is 0 Å². The van der Waals surface area contributed by atoms with Crippen LogP contribution in [-0.2, 0) is 0 Å². The number of halogens is 1. The Morgan fingerprint density at radius 3 is 2.77 bits per heavy atom. The monoisotopic (exact) mass is 427 g/mol. The van der Waals surface area contributed by atoms with Gasteiger partial charge in [0, 0.05) is 37.1 Å². The minimum absolute atomic E-state index is 0.0547. The number of aryl methyl sites for hydroxylation is 1. The van der Waals surface area contributed by atoms with Crippen LogP contribution in [0.4, 0.5) is 9.18 Å². The van der Waals surface area contributed by atoms with Crippen LogP contribution in [0.3, 0.4) is 0 Å². The molecular formula is C23H30FN5O2. The number of carbonyl (C=O) groups excluding carboxylic acids is 2. The van der Waals surface area contributed by atoms with Crippen molar-refractivity contribution in [3.63, 3.8) is 0 Å². The van der Waals surface area contributed by atoms with Gasteiger partial charge in [-0.3, -0.25) is 4.79 Å². The van der Waals surface area contributed by atoms with E-state index in [9.17, 15) is 14.0 Å². The van der Waals surface area contributed by atoms with Gasteiger partial charge in [-0.05, 0) is 63.1 Å². The lowest BCUT2D eigenvalue weighted by molar-refractivity contribution is 0.0768. The molecule has 166 valence electrons. The topological polar surface area (TPSA) is 89.3 Å². The zero-order chi connectivity index (χ0) is 21.6. The molecule has 7 nitrogen and oxygen atoms in total. The maximum atomic E-state index is 14.1. The third-order valence-electron chi connectivity index (χ3n) is 7.41. The fourth-order valence-electron chi connectivity index (χ4n) is 5.54. The summed E-state index contributed by atoms with van der Waals surface area (Å²) >= 11 is 0. The highest BCUT2D eigenvalue weighted by molar-refractivity contribution is 5.99. The van der Waals surface area contributed by atoms with E-state index in [0.29, 0.717) is 29.2 Å². The second-order valence-electron chi connectivity index (χ2n) is 9.45. The molecule has 3 heterocycles. The van der Waals surface area contributed by atoms with Crippen LogP contribution < -0.4 is 16.0 Å². The van der Waals surface area contributed by atoms with Gasteiger partial charge in [0.2, 0.25) is 0 Å². The second kappa shape index (κ2) is 7.82. The molecular weight excluding hydrogens is 397 g/mol. The van der Waals surface area contributed by atoms with Gasteiger partial charge in [-0.1, -0.05) is 6.07 Å². The lowest BCUT2D eigenvalue weighted by atomic mass is 9.84. The van der Waals surface area contributed by atoms with E-state index >= 15 is 0 Å². The Morgan fingerprint density at radius 2 is 2.06 bits per heavy atom. The molecule has 8 heteroatoms. The van der Waals surface area contributed by atoms with Crippen LogP contribution in [0.5, 0.6) is 0 Å². The van der Waals surface area contributed by atoms with Crippen molar-refractivity contribution in [1.82, 2.24) is 25.8 Å². The molecule has 2 aromatic rings. The fraction of sp³-hybridized carbons (Fsp3) is 0.565. The molecule has 3 amide bonds. The molecule has 3 fully saturated rings. The van der Waals surface area contributed by atoms with Gasteiger partial charge in [-0.15, -0.1) is 0 Å². The number of aromatic amines is 1. The van der Waals surface area contributed by atoms with E-state index in [1.54, 1.807) is 12.1 Å². The number of aromatic nitrogens is 1. The molecule has 1 aliphatic carbocycles. The Morgan fingerprint density at radius 1 is 1.26 bits per heavy atom. The van der Waals surface area contributed by atoms with Crippen molar-refractivity contribution >= 4 is 22.8 Å². The van der Waals surface area contributed by atoms with Crippen molar-refractivity contribution in [2.75, 3.05) is 19.6 Å². The van der Waals surface area contributed by atoms with Gasteiger partial charge < -0.3 is 25.8 Å². The summed E-state index contributed by atoms with van der Waals surface area (Å²) in [4.78, 5) is 30.0. The van der Waals surface area contributed by atoms with E-state index in [1.807, 2.05) is 6.92 Å². The van der Waals surface area contributed by atoms with Gasteiger partial charge in [0.25, 0.3) is 5.91 Å². The molecule has 1 aromatic heterocycles. The molecule has 1 aromatic carbocycles. The van der Waals surface area contributed by atoms with Gasteiger partial charge in [-0.25, -0.2) is 9.18 Å². The third kappa shape index (κ3) is 3.89. The van der Waals surface area contributed by atoms with Crippen molar-refractivity contribution in [2.24, 2.45) is 0 Å². The maximum absolute atomic E-state index is 14.1. The number of urea groups is 1. The number of benzene rings is 1. The molecule has 5 rings (SSSR count). The van der Waals surface area contributed by atoms with Gasteiger partial charge >= 0.3 is 6.03 Å². The van der Waals surface area contributed by atoms with Crippen molar-refractivity contribution in [3.05, 3.63) is 35.3 Å². The molecule has 0 bridgehead atoms. The van der Waals surface area contributed by atoms with Crippen LogP contribution in [0.15, 0.2) is 18.2 Å². The number of H-pyrrole nitrogens is 1. The number of hydrogen-bond donors (Lipinski definition) is 4. The smallest absolute Gasteiger partial charge is 0.315 e. The number of carbonyl (C=O) groups is 2. The standard InChI is InChI=1S/C23H30FN5O2/c1-14-5-6-18(24)17-12-19(27-20(14)17)21(30)26-15-3-2-4-16(11-15)29-9-7-23(8-10-29)13-25-22(31)28-23/h5-6,12,15-16,27H,2-4,7-11,13H2,1H3,(H,26,30)(H2,25,28,31)/t15-,16-/m1/s1. The van der Waals surface area contributed by atoms with Crippen LogP contribution in [-0.4, -0.2) is 59.1 Å². The van der Waals surface area contributed by atoms with E-state index in [0.717, 1.165) is 57.2 Å². The highest BCUT2D eigenvalue weighted by Gasteiger charge is 2.42. The van der Waals surface area contributed by atoms with E-state index in [2.05, 4.69) is 25.8 Å². The average Bonchev–Trinajstić information content (AvgIpc) is 3.37. The Hall–Kier alpha value is -2.61. The van der Waals surface area contributed by atoms with Crippen LogP contribution in [0.2, 0.25) is 0 Å². The van der Waals surface area contributed by atoms with Gasteiger partial charge in [0.15, 0.2) is 0 Å². The first-order valence-electron chi connectivity index (χ1n) is 11.3. The lowest BCUT2D eigenvalue weighted by Gasteiger charge is -2.44. The average molecular weight is 428 g/mol. The molecule has 31 heavy (non-hydrogen) atoms. The molecule has 2 saturated heterocycles. The van der Waals surface area contributed by atoms with Gasteiger partial charge in [0.1, 0.15) is 11.5 Å². The lowest BCUT2D eigenvalue weighted by Crippen LogP contribution is -2.56. The largest absolute Gasteiger partial charge is 0.350 e. The number of rotatable bonds is 3. The maximum Gasteiger partial charge on any atom is 0.315 e. The summed E-state index contributed by atoms with van der Waals surface area (Å²) in [5.74, 6) is -0.483. The number of likely N-dealkylation sites (tertiary alicyclic amines) is 1. The normalized spacial score (nSPS) is 26.1. The number of fused-ring (bicyclic) bond motifs is 1. The quantitative estimate of drug-likeness (QED) is 0.607. The van der Waals surface area contributed by atoms with Crippen molar-refractivity contribution in [1.29, 1.82) is 0 Å². The second-order valence-corrected chi connectivity index (χ2v) is 9.45. The summed E-state index contributed by atoms with van der Waals surface area (Å²) in [7, 11) is 0. The van der Waals surface area contributed by atoms with E-state index in [-0.39, 0.29) is 29.3 Å². The molecule has 1 saturated carbocycles. The summed E-state index contributed by atoms with van der Waals surface area (Å²) in [6.07, 6.45) is 6.03. The Labute approximate surface area is 181 Å². The third-order valence-corrected chi connectivity index (χ3v) is 7.41. The number of hydrogen-bond acceptors (Lipinski definition) is 3. The highest BCUT2D eigenvalue weighted by Crippen LogP contribution is 2.30. The van der Waals surface area contributed by atoms with Crippen LogP contribution in [0.25, 0.3) is 10.9 Å². The Bertz CT molecular complexity index is 972. The SMILES string of the molecule is Cc1ccc(F)c2cc(C(=O)N[C@@H]3CCC[C@@H](N4CCC5(CC4)CNC(=O)N5)C3)[nH]c12. The molecule has 2 atom stereocenters. The first-order valence-corrected chi connectivity index (χ1v) is 11.3. The zero-order valence-electron chi connectivity index (χ0n) is 17.9. The van der Waals surface area contributed by atoms with Crippen LogP contribution in [0, 0.1) is 12.7 Å². The summed E-state index contributed by atoms with van der Waals surface area (Å²) < 4.78 is 14.1. The summed E-state index contributed by atoms with van der Waals surface area (Å²) in [5.41, 5.74) is 1.93. The molecule has 4 N–H and O–H groups in total. The van der Waals surface area contributed by atoms with E-state index in [4.69, 9.17) is 0 Å². The van der Waals surface area contributed by atoms with Crippen LogP contribution in [0.1, 0.15) is 54.6 Å². The highest BCUT2D eigenvalue weighted by atomic mass is 19.1. The predicted molar refractivity (Wildman–Crippen MR) is 117 cm³/mol. The molecule has 0 unspecified atom stereocenters. The minimum Gasteiger partial charge on any atom is -0.350 e. The number of amides is 3. The molecule has 3 aliphatic rings. The van der Waals surface area contributed by atoms with Crippen molar-refractivity contribution in [3.8, 4) is 0 Å². The summed E-state index contributed by atoms with van der Waals surface area (Å²) in [6, 6.07) is 5.28. The molecule has 0 radical (unpaired) electrons. The zero-order valence-corrected chi connectivity index (χ0v) is 17.9. The first-order chi connectivity index (χ1) is 14.9. The Kier molecular flexibility index (Phi) is 5.12. The molecule has 2 aliphatic heterocycles. The Balaban J connectivity index is 1.20. The summed E-state index contributed by atoms with van der Waals surface area (Å²) in [5, 5.41) is 9.63. The van der Waals surface area contributed by atoms with Crippen molar-refractivity contribution in [2.45, 2.75) is 63.1 Å². The summed E-state index contributed by atoms with van der Waals surface area (Å²) in [6.45, 7) is 4.55. The van der Waals surface area contributed by atoms with Crippen LogP contribution >= 0.6 is 0 Å². The number of piperidine rings is 1. The van der Waals surface area contributed by atoms with Gasteiger partial charge in [-0.2, -0.15) is 0 Å². The first kappa shape index (κ1) is 20.3. The van der Waals surface area contributed by atoms with E-state index in [1.165, 1.54) is 6.07 Å². The fourth-order valence-corrected chi connectivity index (χ4v) is 5.54. The van der Waals surface area contributed by atoms with Crippen molar-refractivity contribution < 1.29 is 14.0 Å². The predicted octanol–water partition coefficient (Wildman–Crippen LogP) is 2.80. The number of nitrogens with zero attached hydrogens (tertiary/aromatic N) is 1. The number of nitrogens with one attached hydrogen (secondary N) is 4. The minimum atomic E-state index is -0.315. The molecule has 1 spiro atoms. The van der Waals surface area contributed by atoms with Gasteiger partial charge in [0.05, 0.1) is 11.1 Å².